The van der Waals surface area contributed by atoms with Crippen LogP contribution in [0.25, 0.3) is 11.4 Å². The number of tetrazole rings is 1. The van der Waals surface area contributed by atoms with Gasteiger partial charge < -0.3 is 5.32 Å². The lowest BCUT2D eigenvalue weighted by Crippen LogP contribution is -2.40. The fourth-order valence-corrected chi connectivity index (χ4v) is 2.86. The summed E-state index contributed by atoms with van der Waals surface area (Å²) in [5.41, 5.74) is 1.45. The van der Waals surface area contributed by atoms with E-state index in [1.807, 2.05) is 12.1 Å². The molecule has 1 amide bonds. The van der Waals surface area contributed by atoms with Gasteiger partial charge in [0, 0.05) is 17.2 Å². The summed E-state index contributed by atoms with van der Waals surface area (Å²) >= 11 is 11.8. The molecule has 0 aliphatic heterocycles. The number of halogens is 2. The molecule has 3 rings (SSSR count). The summed E-state index contributed by atoms with van der Waals surface area (Å²) in [5.74, 6) is 0.260. The summed E-state index contributed by atoms with van der Waals surface area (Å²) in [5, 5.41) is 16.5. The van der Waals surface area contributed by atoms with Gasteiger partial charge >= 0.3 is 0 Å². The first-order chi connectivity index (χ1) is 9.53. The molecule has 0 unspecified atom stereocenters. The van der Waals surface area contributed by atoms with E-state index in [0.29, 0.717) is 24.4 Å². The third-order valence-corrected chi connectivity index (χ3v) is 3.81. The Hall–Kier alpha value is -1.66. The number of rotatable bonds is 3. The molecule has 20 heavy (non-hydrogen) atoms. The van der Waals surface area contributed by atoms with Gasteiger partial charge in [-0.2, -0.15) is 5.21 Å². The number of alkyl halides is 2. The topological polar surface area (TPSA) is 83.6 Å². The minimum atomic E-state index is -0.755. The predicted molar refractivity (Wildman–Crippen MR) is 75.4 cm³/mol. The molecule has 0 spiro atoms. The van der Waals surface area contributed by atoms with Crippen LogP contribution in [0.15, 0.2) is 24.3 Å². The van der Waals surface area contributed by atoms with Crippen molar-refractivity contribution in [1.29, 1.82) is 0 Å². The van der Waals surface area contributed by atoms with Crippen molar-refractivity contribution < 1.29 is 4.79 Å². The molecule has 6 nitrogen and oxygen atoms in total. The molecule has 1 aromatic carbocycles. The van der Waals surface area contributed by atoms with Crippen molar-refractivity contribution in [3.8, 4) is 11.4 Å². The molecule has 104 valence electrons. The van der Waals surface area contributed by atoms with Crippen molar-refractivity contribution in [3.05, 3.63) is 24.3 Å². The van der Waals surface area contributed by atoms with Crippen LogP contribution in [0.1, 0.15) is 12.8 Å². The van der Waals surface area contributed by atoms with Crippen LogP contribution in [0.5, 0.6) is 0 Å². The molecule has 0 bridgehead atoms. The van der Waals surface area contributed by atoms with Crippen LogP contribution in [0.3, 0.4) is 0 Å². The summed E-state index contributed by atoms with van der Waals surface area (Å²) in [6.45, 7) is 0. The fraction of sp³-hybridized carbons (Fsp3) is 0.333. The van der Waals surface area contributed by atoms with E-state index in [9.17, 15) is 4.79 Å². The number of carbonyl (C=O) groups excluding carboxylic acids is 1. The average molecular weight is 312 g/mol. The Kier molecular flexibility index (Phi) is 3.35. The Morgan fingerprint density at radius 3 is 2.85 bits per heavy atom. The highest BCUT2D eigenvalue weighted by atomic mass is 35.5. The molecule has 1 saturated carbocycles. The average Bonchev–Trinajstić information content (AvgIpc) is 2.90. The number of aromatic nitrogens is 4. The van der Waals surface area contributed by atoms with Crippen molar-refractivity contribution in [1.82, 2.24) is 20.6 Å². The second kappa shape index (κ2) is 5.03. The Labute approximate surface area is 124 Å². The summed E-state index contributed by atoms with van der Waals surface area (Å²) < 4.78 is -0.755. The largest absolute Gasteiger partial charge is 0.326 e. The molecule has 1 aromatic heterocycles. The maximum Gasteiger partial charge on any atom is 0.227 e. The zero-order valence-corrected chi connectivity index (χ0v) is 11.8. The monoisotopic (exact) mass is 311 g/mol. The van der Waals surface area contributed by atoms with Gasteiger partial charge in [0.1, 0.15) is 4.33 Å². The fourth-order valence-electron chi connectivity index (χ4n) is 2.11. The number of nitrogens with zero attached hydrogens (tertiary/aromatic N) is 3. The quantitative estimate of drug-likeness (QED) is 0.852. The van der Waals surface area contributed by atoms with Crippen molar-refractivity contribution in [2.24, 2.45) is 5.92 Å². The highest BCUT2D eigenvalue weighted by Gasteiger charge is 2.44. The van der Waals surface area contributed by atoms with E-state index in [1.165, 1.54) is 0 Å². The smallest absolute Gasteiger partial charge is 0.227 e. The zero-order valence-electron chi connectivity index (χ0n) is 10.3. The molecule has 1 heterocycles. The molecule has 0 atom stereocenters. The van der Waals surface area contributed by atoms with Gasteiger partial charge in [-0.15, -0.1) is 33.4 Å². The maximum atomic E-state index is 12.0. The van der Waals surface area contributed by atoms with Crippen molar-refractivity contribution in [3.63, 3.8) is 0 Å². The third kappa shape index (κ3) is 2.76. The van der Waals surface area contributed by atoms with Crippen LogP contribution in [-0.2, 0) is 4.79 Å². The van der Waals surface area contributed by atoms with Crippen molar-refractivity contribution >= 4 is 34.8 Å². The van der Waals surface area contributed by atoms with E-state index in [-0.39, 0.29) is 11.8 Å². The van der Waals surface area contributed by atoms with E-state index in [1.54, 1.807) is 12.1 Å². The van der Waals surface area contributed by atoms with E-state index >= 15 is 0 Å². The minimum absolute atomic E-state index is 0.0767. The lowest BCUT2D eigenvalue weighted by atomic mass is 9.83. The van der Waals surface area contributed by atoms with Crippen LogP contribution in [0.4, 0.5) is 5.69 Å². The Balaban J connectivity index is 1.69. The molecule has 1 aliphatic rings. The van der Waals surface area contributed by atoms with Gasteiger partial charge in [0.2, 0.25) is 11.7 Å². The SMILES string of the molecule is O=C(Nc1cccc(-c2nn[nH]n2)c1)C1CC(Cl)(Cl)C1. The van der Waals surface area contributed by atoms with E-state index < -0.39 is 4.33 Å². The number of aromatic amines is 1. The van der Waals surface area contributed by atoms with E-state index in [4.69, 9.17) is 23.2 Å². The van der Waals surface area contributed by atoms with Gasteiger partial charge in [-0.05, 0) is 30.2 Å². The molecule has 0 saturated heterocycles. The molecule has 2 N–H and O–H groups in total. The number of carbonyl (C=O) groups is 1. The first-order valence-electron chi connectivity index (χ1n) is 6.06. The van der Waals surface area contributed by atoms with Crippen LogP contribution < -0.4 is 5.32 Å². The number of nitrogens with one attached hydrogen (secondary N) is 2. The Bertz CT molecular complexity index is 621. The molecule has 8 heteroatoms. The number of benzene rings is 1. The van der Waals surface area contributed by atoms with Gasteiger partial charge in [0.15, 0.2) is 0 Å². The number of hydrogen-bond donors (Lipinski definition) is 2. The maximum absolute atomic E-state index is 12.0. The van der Waals surface area contributed by atoms with Gasteiger partial charge in [0.05, 0.1) is 0 Å². The molecule has 1 fully saturated rings. The van der Waals surface area contributed by atoms with Gasteiger partial charge in [-0.3, -0.25) is 4.79 Å². The Morgan fingerprint density at radius 1 is 1.40 bits per heavy atom. The van der Waals surface area contributed by atoms with Crippen molar-refractivity contribution in [2.75, 3.05) is 5.32 Å². The zero-order chi connectivity index (χ0) is 14.2. The number of hydrogen-bond acceptors (Lipinski definition) is 4. The Morgan fingerprint density at radius 2 is 2.20 bits per heavy atom. The molecule has 0 radical (unpaired) electrons. The lowest BCUT2D eigenvalue weighted by Gasteiger charge is -2.36. The molecular weight excluding hydrogens is 301 g/mol. The number of H-pyrrole nitrogens is 1. The normalized spacial score (nSPS) is 17.5. The summed E-state index contributed by atoms with van der Waals surface area (Å²) in [4.78, 5) is 12.0. The lowest BCUT2D eigenvalue weighted by molar-refractivity contribution is -0.122. The standard InChI is InChI=1S/C12H11Cl2N5O/c13-12(14)5-8(6-12)11(20)15-9-3-1-2-7(4-9)10-16-18-19-17-10/h1-4,8H,5-6H2,(H,15,20)(H,16,17,18,19). The van der Waals surface area contributed by atoms with Gasteiger partial charge in [0.25, 0.3) is 0 Å². The summed E-state index contributed by atoms with van der Waals surface area (Å²) in [6.07, 6.45) is 0.957. The number of amides is 1. The molecule has 2 aromatic rings. The minimum Gasteiger partial charge on any atom is -0.326 e. The first-order valence-corrected chi connectivity index (χ1v) is 6.82. The van der Waals surface area contributed by atoms with E-state index in [0.717, 1.165) is 5.56 Å². The van der Waals surface area contributed by atoms with Crippen LogP contribution >= 0.6 is 23.2 Å². The van der Waals surface area contributed by atoms with Gasteiger partial charge in [-0.25, -0.2) is 0 Å². The van der Waals surface area contributed by atoms with Crippen LogP contribution in [0, 0.1) is 5.92 Å². The number of anilines is 1. The predicted octanol–water partition coefficient (Wildman–Crippen LogP) is 2.39. The molecular formula is C12H11Cl2N5O. The third-order valence-electron chi connectivity index (χ3n) is 3.19. The van der Waals surface area contributed by atoms with Crippen LogP contribution in [0.2, 0.25) is 0 Å². The van der Waals surface area contributed by atoms with Crippen LogP contribution in [-0.4, -0.2) is 30.9 Å². The van der Waals surface area contributed by atoms with E-state index in [2.05, 4.69) is 25.9 Å². The molecule has 1 aliphatic carbocycles. The first kappa shape index (κ1) is 13.3. The van der Waals surface area contributed by atoms with Gasteiger partial charge in [-0.1, -0.05) is 12.1 Å². The van der Waals surface area contributed by atoms with Crippen molar-refractivity contribution in [2.45, 2.75) is 17.2 Å². The summed E-state index contributed by atoms with van der Waals surface area (Å²) in [6, 6.07) is 7.24. The highest BCUT2D eigenvalue weighted by molar-refractivity contribution is 6.49. The summed E-state index contributed by atoms with van der Waals surface area (Å²) in [7, 11) is 0. The highest BCUT2D eigenvalue weighted by Crippen LogP contribution is 2.46. The second-order valence-corrected chi connectivity index (χ2v) is 6.41. The second-order valence-electron chi connectivity index (χ2n) is 4.77.